The molecule has 0 bridgehead atoms. The van der Waals surface area contributed by atoms with Crippen LogP contribution in [0.2, 0.25) is 0 Å². The first-order chi connectivity index (χ1) is 10.5. The predicted octanol–water partition coefficient (Wildman–Crippen LogP) is 0.419. The minimum Gasteiger partial charge on any atom is -0.462 e. The van der Waals surface area contributed by atoms with Crippen molar-refractivity contribution >= 4 is 23.1 Å². The molecule has 3 N–H and O–H groups in total. The Morgan fingerprint density at radius 1 is 1.18 bits per heavy atom. The number of nitrogens with one attached hydrogen (secondary N) is 1. The largest absolute Gasteiger partial charge is 0.462 e. The van der Waals surface area contributed by atoms with Crippen molar-refractivity contribution in [1.29, 1.82) is 0 Å². The molecule has 8 nitrogen and oxygen atoms in total. The van der Waals surface area contributed by atoms with E-state index < -0.39 is 23.3 Å². The highest BCUT2D eigenvalue weighted by Gasteiger charge is 2.22. The normalized spacial score (nSPS) is 18.3. The van der Waals surface area contributed by atoms with Crippen molar-refractivity contribution in [2.24, 2.45) is 5.92 Å². The number of aliphatic hydroxyl groups excluding tert-OH is 1. The van der Waals surface area contributed by atoms with Crippen molar-refractivity contribution in [3.05, 3.63) is 0 Å². The van der Waals surface area contributed by atoms with Crippen LogP contribution in [0.5, 0.6) is 0 Å². The number of ether oxygens (including phenoxy) is 2. The molecule has 0 saturated heterocycles. The van der Waals surface area contributed by atoms with E-state index in [4.69, 9.17) is 14.0 Å². The highest BCUT2D eigenvalue weighted by atomic mass is 32.2. The third kappa shape index (κ3) is 8.30. The first kappa shape index (κ1) is 18.9. The topological polar surface area (TPSA) is 122 Å². The summed E-state index contributed by atoms with van der Waals surface area (Å²) < 4.78 is 28.8. The van der Waals surface area contributed by atoms with Gasteiger partial charge in [0, 0.05) is 6.54 Å². The highest BCUT2D eigenvalue weighted by Crippen LogP contribution is 2.24. The van der Waals surface area contributed by atoms with Gasteiger partial charge in [-0.1, -0.05) is 19.3 Å². The molecule has 2 atom stereocenters. The molecule has 1 saturated carbocycles. The average Bonchev–Trinajstić information content (AvgIpc) is 2.49. The molecule has 1 unspecified atom stereocenters. The van der Waals surface area contributed by atoms with Crippen LogP contribution in [0, 0.1) is 5.92 Å². The quantitative estimate of drug-likeness (QED) is 0.333. The van der Waals surface area contributed by atoms with Gasteiger partial charge < -0.3 is 24.4 Å². The molecule has 0 heterocycles. The standard InChI is InChI=1S/C13H23NO7S/c15-11(9-22(18)19)8-14-13(17)21-7-6-20-12(16)10-4-2-1-3-5-10/h10-11,15H,1-9H2,(H,14,17)(H,18,19)/t11-/m1/s1. The molecule has 9 heteroatoms. The molecule has 0 aromatic carbocycles. The summed E-state index contributed by atoms with van der Waals surface area (Å²) in [5.41, 5.74) is 0. The van der Waals surface area contributed by atoms with Crippen molar-refractivity contribution in [2.75, 3.05) is 25.5 Å². The Kier molecular flexibility index (Phi) is 9.02. The van der Waals surface area contributed by atoms with Gasteiger partial charge in [-0.05, 0) is 12.8 Å². The fourth-order valence-corrected chi connectivity index (χ4v) is 2.66. The second kappa shape index (κ2) is 10.5. The van der Waals surface area contributed by atoms with Gasteiger partial charge in [-0.25, -0.2) is 9.00 Å². The number of aliphatic hydroxyl groups is 1. The van der Waals surface area contributed by atoms with Gasteiger partial charge in [0.05, 0.1) is 17.8 Å². The van der Waals surface area contributed by atoms with Crippen LogP contribution in [0.25, 0.3) is 0 Å². The molecule has 22 heavy (non-hydrogen) atoms. The van der Waals surface area contributed by atoms with Crippen LogP contribution in [0.3, 0.4) is 0 Å². The van der Waals surface area contributed by atoms with Crippen LogP contribution in [0.4, 0.5) is 4.79 Å². The zero-order chi connectivity index (χ0) is 16.4. The Bertz CT molecular complexity index is 385. The molecule has 1 amide bonds. The van der Waals surface area contributed by atoms with E-state index in [-0.39, 0.29) is 37.4 Å². The minimum absolute atomic E-state index is 0.00797. The summed E-state index contributed by atoms with van der Waals surface area (Å²) in [6.07, 6.45) is 3.04. The number of hydrogen-bond donors (Lipinski definition) is 3. The Hall–Kier alpha value is -1.19. The van der Waals surface area contributed by atoms with E-state index >= 15 is 0 Å². The summed E-state index contributed by atoms with van der Waals surface area (Å²) >= 11 is -2.12. The lowest BCUT2D eigenvalue weighted by atomic mass is 9.89. The lowest BCUT2D eigenvalue weighted by Crippen LogP contribution is -2.35. The molecule has 128 valence electrons. The Balaban J connectivity index is 2.04. The third-order valence-corrected chi connectivity index (χ3v) is 3.99. The van der Waals surface area contributed by atoms with Crippen LogP contribution >= 0.6 is 0 Å². The molecular weight excluding hydrogens is 314 g/mol. The third-order valence-electron chi connectivity index (χ3n) is 3.32. The number of rotatable bonds is 8. The van der Waals surface area contributed by atoms with E-state index in [0.29, 0.717) is 0 Å². The van der Waals surface area contributed by atoms with Gasteiger partial charge in [-0.3, -0.25) is 4.79 Å². The van der Waals surface area contributed by atoms with E-state index in [1.165, 1.54) is 0 Å². The summed E-state index contributed by atoms with van der Waals surface area (Å²) in [4.78, 5) is 23.0. The minimum atomic E-state index is -2.12. The lowest BCUT2D eigenvalue weighted by Gasteiger charge is -2.19. The maximum absolute atomic E-state index is 11.7. The number of alkyl carbamates (subject to hydrolysis) is 1. The molecule has 0 radical (unpaired) electrons. The summed E-state index contributed by atoms with van der Waals surface area (Å²) in [7, 11) is 0. The molecule has 0 spiro atoms. The maximum Gasteiger partial charge on any atom is 0.407 e. The molecule has 1 rings (SSSR count). The molecular formula is C13H23NO7S. The van der Waals surface area contributed by atoms with E-state index in [2.05, 4.69) is 5.32 Å². The fraction of sp³-hybridized carbons (Fsp3) is 0.846. The first-order valence-electron chi connectivity index (χ1n) is 7.32. The SMILES string of the molecule is O=C(NC[C@@H](O)CS(=O)O)OCCOC(=O)C1CCCCC1. The van der Waals surface area contributed by atoms with Crippen LogP contribution in [0.1, 0.15) is 32.1 Å². The zero-order valence-corrected chi connectivity index (χ0v) is 13.2. The van der Waals surface area contributed by atoms with Crippen molar-refractivity contribution < 1.29 is 32.9 Å². The highest BCUT2D eigenvalue weighted by molar-refractivity contribution is 7.79. The zero-order valence-electron chi connectivity index (χ0n) is 12.4. The van der Waals surface area contributed by atoms with E-state index in [1.807, 2.05) is 0 Å². The summed E-state index contributed by atoms with van der Waals surface area (Å²) in [6.45, 7) is -0.273. The van der Waals surface area contributed by atoms with Crippen LogP contribution in [-0.2, 0) is 25.3 Å². The van der Waals surface area contributed by atoms with Gasteiger partial charge in [0.25, 0.3) is 0 Å². The smallest absolute Gasteiger partial charge is 0.407 e. The van der Waals surface area contributed by atoms with E-state index in [9.17, 15) is 18.9 Å². The van der Waals surface area contributed by atoms with Gasteiger partial charge in [-0.15, -0.1) is 0 Å². The Morgan fingerprint density at radius 2 is 1.82 bits per heavy atom. The predicted molar refractivity (Wildman–Crippen MR) is 78.5 cm³/mol. The van der Waals surface area contributed by atoms with Crippen LogP contribution < -0.4 is 5.32 Å². The molecule has 0 aromatic heterocycles. The summed E-state index contributed by atoms with van der Waals surface area (Å²) in [6, 6.07) is 0. The summed E-state index contributed by atoms with van der Waals surface area (Å²) in [5.74, 6) is -0.638. The fourth-order valence-electron chi connectivity index (χ4n) is 2.21. The van der Waals surface area contributed by atoms with Gasteiger partial charge in [-0.2, -0.15) is 0 Å². The van der Waals surface area contributed by atoms with Gasteiger partial charge in [0.15, 0.2) is 11.1 Å². The summed E-state index contributed by atoms with van der Waals surface area (Å²) in [5, 5.41) is 11.5. The first-order valence-corrected chi connectivity index (χ1v) is 8.59. The van der Waals surface area contributed by atoms with E-state index in [1.54, 1.807) is 0 Å². The lowest BCUT2D eigenvalue weighted by molar-refractivity contribution is -0.150. The Morgan fingerprint density at radius 3 is 2.45 bits per heavy atom. The average molecular weight is 337 g/mol. The van der Waals surface area contributed by atoms with Crippen LogP contribution in [-0.4, -0.2) is 57.5 Å². The van der Waals surface area contributed by atoms with Gasteiger partial charge in [0.1, 0.15) is 13.2 Å². The molecule has 0 aliphatic heterocycles. The second-order valence-corrected chi connectivity index (χ2v) is 6.14. The maximum atomic E-state index is 11.7. The number of carbonyl (C=O) groups excluding carboxylic acids is 2. The van der Waals surface area contributed by atoms with Crippen LogP contribution in [0.15, 0.2) is 0 Å². The van der Waals surface area contributed by atoms with E-state index in [0.717, 1.165) is 32.1 Å². The van der Waals surface area contributed by atoms with Crippen molar-refractivity contribution in [2.45, 2.75) is 38.2 Å². The van der Waals surface area contributed by atoms with Gasteiger partial charge >= 0.3 is 12.1 Å². The van der Waals surface area contributed by atoms with Crippen molar-refractivity contribution in [3.8, 4) is 0 Å². The number of hydrogen-bond acceptors (Lipinski definition) is 6. The number of esters is 1. The number of carbonyl (C=O) groups is 2. The van der Waals surface area contributed by atoms with Gasteiger partial charge in [0.2, 0.25) is 0 Å². The van der Waals surface area contributed by atoms with Crippen molar-refractivity contribution in [3.63, 3.8) is 0 Å². The Labute approximate surface area is 131 Å². The monoisotopic (exact) mass is 337 g/mol. The number of amides is 1. The molecule has 1 aliphatic carbocycles. The molecule has 1 aliphatic rings. The molecule has 1 fully saturated rings. The second-order valence-electron chi connectivity index (χ2n) is 5.16. The van der Waals surface area contributed by atoms with Crippen molar-refractivity contribution in [1.82, 2.24) is 5.32 Å². The molecule has 0 aromatic rings.